The van der Waals surface area contributed by atoms with Gasteiger partial charge in [0.1, 0.15) is 0 Å². The first kappa shape index (κ1) is 14.6. The van der Waals surface area contributed by atoms with Crippen molar-refractivity contribution < 1.29 is 4.79 Å². The monoisotopic (exact) mass is 286 g/mol. The van der Waals surface area contributed by atoms with E-state index < -0.39 is 0 Å². The Kier molecular flexibility index (Phi) is 4.59. The number of hydrogen-bond acceptors (Lipinski definition) is 2. The van der Waals surface area contributed by atoms with Crippen LogP contribution in [-0.2, 0) is 11.3 Å². The molecule has 114 valence electrons. The van der Waals surface area contributed by atoms with E-state index in [1.54, 1.807) is 0 Å². The lowest BCUT2D eigenvalue weighted by Crippen LogP contribution is -2.41. The van der Waals surface area contributed by atoms with E-state index >= 15 is 0 Å². The molecule has 0 saturated carbocycles. The molecule has 3 nitrogen and oxygen atoms in total. The zero-order valence-electron chi connectivity index (χ0n) is 13.1. The normalized spacial score (nSPS) is 23.8. The van der Waals surface area contributed by atoms with Crippen molar-refractivity contribution in [2.24, 2.45) is 5.92 Å². The number of amides is 1. The summed E-state index contributed by atoms with van der Waals surface area (Å²) in [5.41, 5.74) is 2.72. The number of piperidine rings is 1. The van der Waals surface area contributed by atoms with Gasteiger partial charge in [0.15, 0.2) is 0 Å². The highest BCUT2D eigenvalue weighted by molar-refractivity contribution is 5.78. The number of benzene rings is 1. The van der Waals surface area contributed by atoms with Crippen molar-refractivity contribution >= 4 is 5.91 Å². The molecule has 1 unspecified atom stereocenters. The second-order valence-electron chi connectivity index (χ2n) is 6.67. The summed E-state index contributed by atoms with van der Waals surface area (Å²) in [5.74, 6) is 1.02. The lowest BCUT2D eigenvalue weighted by Gasteiger charge is -2.34. The lowest BCUT2D eigenvalue weighted by atomic mass is 9.97. The fourth-order valence-corrected chi connectivity index (χ4v) is 3.60. The van der Waals surface area contributed by atoms with Crippen LogP contribution in [0.25, 0.3) is 0 Å². The number of rotatable bonds is 4. The SMILES string of the molecule is Cc1ccc(CN2CCCC(CN3CCCC3=O)C2)cc1. The number of hydrogen-bond donors (Lipinski definition) is 0. The maximum Gasteiger partial charge on any atom is 0.222 e. The fourth-order valence-electron chi connectivity index (χ4n) is 3.60. The van der Waals surface area contributed by atoms with Crippen LogP contribution in [0, 0.1) is 12.8 Å². The predicted octanol–water partition coefficient (Wildman–Crippen LogP) is 2.83. The van der Waals surface area contributed by atoms with E-state index in [4.69, 9.17) is 0 Å². The van der Waals surface area contributed by atoms with Crippen LogP contribution in [0.4, 0.5) is 0 Å². The Hall–Kier alpha value is -1.35. The smallest absolute Gasteiger partial charge is 0.222 e. The van der Waals surface area contributed by atoms with Crippen LogP contribution >= 0.6 is 0 Å². The van der Waals surface area contributed by atoms with Gasteiger partial charge >= 0.3 is 0 Å². The van der Waals surface area contributed by atoms with Crippen molar-refractivity contribution in [1.82, 2.24) is 9.80 Å². The highest BCUT2D eigenvalue weighted by Crippen LogP contribution is 2.22. The Morgan fingerprint density at radius 3 is 2.67 bits per heavy atom. The average Bonchev–Trinajstić information content (AvgIpc) is 2.87. The van der Waals surface area contributed by atoms with Gasteiger partial charge < -0.3 is 4.90 Å². The fraction of sp³-hybridized carbons (Fsp3) is 0.611. The van der Waals surface area contributed by atoms with E-state index in [1.165, 1.54) is 30.5 Å². The summed E-state index contributed by atoms with van der Waals surface area (Å²) in [4.78, 5) is 16.4. The quantitative estimate of drug-likeness (QED) is 0.850. The summed E-state index contributed by atoms with van der Waals surface area (Å²) in [6.45, 7) is 7.46. The van der Waals surface area contributed by atoms with Crippen molar-refractivity contribution in [2.75, 3.05) is 26.2 Å². The average molecular weight is 286 g/mol. The van der Waals surface area contributed by atoms with Crippen LogP contribution in [0.2, 0.25) is 0 Å². The molecule has 1 amide bonds. The molecule has 2 aliphatic rings. The lowest BCUT2D eigenvalue weighted by molar-refractivity contribution is -0.128. The van der Waals surface area contributed by atoms with Crippen LogP contribution in [-0.4, -0.2) is 41.9 Å². The molecular formula is C18H26N2O. The molecule has 0 aromatic heterocycles. The first-order chi connectivity index (χ1) is 10.2. The van der Waals surface area contributed by atoms with E-state index in [-0.39, 0.29) is 0 Å². The minimum atomic E-state index is 0.366. The molecule has 1 aromatic rings. The third kappa shape index (κ3) is 3.85. The van der Waals surface area contributed by atoms with E-state index in [1.807, 2.05) is 0 Å². The van der Waals surface area contributed by atoms with Crippen LogP contribution in [0.15, 0.2) is 24.3 Å². The van der Waals surface area contributed by atoms with Crippen LogP contribution in [0.1, 0.15) is 36.8 Å². The maximum absolute atomic E-state index is 11.8. The molecule has 0 aliphatic carbocycles. The molecule has 1 atom stereocenters. The summed E-state index contributed by atoms with van der Waals surface area (Å²) in [6, 6.07) is 8.87. The van der Waals surface area contributed by atoms with E-state index in [2.05, 4.69) is 41.0 Å². The van der Waals surface area contributed by atoms with E-state index in [0.717, 1.165) is 39.0 Å². The van der Waals surface area contributed by atoms with Gasteiger partial charge in [0.2, 0.25) is 5.91 Å². The minimum Gasteiger partial charge on any atom is -0.342 e. The van der Waals surface area contributed by atoms with Crippen molar-refractivity contribution in [2.45, 2.75) is 39.2 Å². The van der Waals surface area contributed by atoms with Crippen LogP contribution < -0.4 is 0 Å². The van der Waals surface area contributed by atoms with Gasteiger partial charge in [-0.2, -0.15) is 0 Å². The van der Waals surface area contributed by atoms with Gasteiger partial charge in [-0.05, 0) is 44.2 Å². The molecule has 0 bridgehead atoms. The first-order valence-corrected chi connectivity index (χ1v) is 8.26. The predicted molar refractivity (Wildman–Crippen MR) is 85.0 cm³/mol. The number of carbonyl (C=O) groups excluding carboxylic acids is 1. The zero-order valence-corrected chi connectivity index (χ0v) is 13.1. The highest BCUT2D eigenvalue weighted by Gasteiger charge is 2.26. The van der Waals surface area contributed by atoms with Gasteiger partial charge in [-0.1, -0.05) is 29.8 Å². The third-order valence-corrected chi connectivity index (χ3v) is 4.78. The van der Waals surface area contributed by atoms with Crippen molar-refractivity contribution in [1.29, 1.82) is 0 Å². The molecule has 3 heteroatoms. The van der Waals surface area contributed by atoms with Crippen molar-refractivity contribution in [3.05, 3.63) is 35.4 Å². The summed E-state index contributed by atoms with van der Waals surface area (Å²) < 4.78 is 0. The molecule has 2 fully saturated rings. The van der Waals surface area contributed by atoms with E-state index in [9.17, 15) is 4.79 Å². The molecule has 2 saturated heterocycles. The molecule has 1 aromatic carbocycles. The number of aryl methyl sites for hydroxylation is 1. The molecule has 21 heavy (non-hydrogen) atoms. The topological polar surface area (TPSA) is 23.6 Å². The largest absolute Gasteiger partial charge is 0.342 e. The Labute approximate surface area is 127 Å². The minimum absolute atomic E-state index is 0.366. The molecule has 0 N–H and O–H groups in total. The molecule has 3 rings (SSSR count). The van der Waals surface area contributed by atoms with Gasteiger partial charge in [-0.3, -0.25) is 9.69 Å². The van der Waals surface area contributed by atoms with Gasteiger partial charge in [0.05, 0.1) is 0 Å². The Morgan fingerprint density at radius 2 is 1.95 bits per heavy atom. The molecule has 2 aliphatic heterocycles. The Bertz CT molecular complexity index is 482. The summed E-state index contributed by atoms with van der Waals surface area (Å²) in [6.07, 6.45) is 4.35. The third-order valence-electron chi connectivity index (χ3n) is 4.78. The maximum atomic E-state index is 11.8. The summed E-state index contributed by atoms with van der Waals surface area (Å²) >= 11 is 0. The molecule has 0 spiro atoms. The Morgan fingerprint density at radius 1 is 1.14 bits per heavy atom. The van der Waals surface area contributed by atoms with Gasteiger partial charge in [0.25, 0.3) is 0 Å². The van der Waals surface area contributed by atoms with Crippen molar-refractivity contribution in [3.8, 4) is 0 Å². The summed E-state index contributed by atoms with van der Waals surface area (Å²) in [5, 5.41) is 0. The number of carbonyl (C=O) groups is 1. The standard InChI is InChI=1S/C18H26N2O/c1-15-6-8-16(9-7-15)12-19-10-2-4-17(13-19)14-20-11-3-5-18(20)21/h6-9,17H,2-5,10-14H2,1H3. The number of nitrogens with zero attached hydrogens (tertiary/aromatic N) is 2. The highest BCUT2D eigenvalue weighted by atomic mass is 16.2. The zero-order chi connectivity index (χ0) is 14.7. The van der Waals surface area contributed by atoms with Crippen molar-refractivity contribution in [3.63, 3.8) is 0 Å². The van der Waals surface area contributed by atoms with E-state index in [0.29, 0.717) is 11.8 Å². The molecular weight excluding hydrogens is 260 g/mol. The molecule has 2 heterocycles. The molecule has 0 radical (unpaired) electrons. The van der Waals surface area contributed by atoms with Crippen LogP contribution in [0.5, 0.6) is 0 Å². The number of likely N-dealkylation sites (tertiary alicyclic amines) is 2. The second-order valence-corrected chi connectivity index (χ2v) is 6.67. The van der Waals surface area contributed by atoms with Gasteiger partial charge in [0, 0.05) is 32.6 Å². The summed E-state index contributed by atoms with van der Waals surface area (Å²) in [7, 11) is 0. The first-order valence-electron chi connectivity index (χ1n) is 8.26. The Balaban J connectivity index is 1.53. The second kappa shape index (κ2) is 6.61. The van der Waals surface area contributed by atoms with Gasteiger partial charge in [-0.15, -0.1) is 0 Å². The van der Waals surface area contributed by atoms with Gasteiger partial charge in [-0.25, -0.2) is 0 Å². The van der Waals surface area contributed by atoms with Crippen LogP contribution in [0.3, 0.4) is 0 Å².